The second-order valence-electron chi connectivity index (χ2n) is 10.7. The molecule has 1 N–H and O–H groups in total. The van der Waals surface area contributed by atoms with Crippen LogP contribution >= 0.6 is 0 Å². The third-order valence-electron chi connectivity index (χ3n) is 7.60. The Labute approximate surface area is 276 Å². The molecule has 1 saturated heterocycles. The number of sulfonamides is 1. The number of aliphatic hydroxyl groups excluding tert-OH is 1. The van der Waals surface area contributed by atoms with Gasteiger partial charge in [0.1, 0.15) is 5.75 Å². The van der Waals surface area contributed by atoms with Crippen LogP contribution in [0.15, 0.2) is 71.3 Å². The number of allylic oxidation sites excluding steroid dienone is 1. The van der Waals surface area contributed by atoms with Crippen molar-refractivity contribution >= 4 is 15.9 Å². The zero-order valence-electron chi connectivity index (χ0n) is 26.9. The fourth-order valence-electron chi connectivity index (χ4n) is 5.07. The Bertz CT molecular complexity index is 1330. The van der Waals surface area contributed by atoms with E-state index in [2.05, 4.69) is 0 Å². The highest BCUT2D eigenvalue weighted by Crippen LogP contribution is 2.32. The lowest BCUT2D eigenvalue weighted by Crippen LogP contribution is -2.41. The van der Waals surface area contributed by atoms with E-state index in [1.807, 2.05) is 36.4 Å². The molecule has 13 nitrogen and oxygen atoms in total. The van der Waals surface area contributed by atoms with Crippen LogP contribution in [0.5, 0.6) is 5.75 Å². The molecular weight excluding hydrogens is 632 g/mol. The molecule has 2 unspecified atom stereocenters. The summed E-state index contributed by atoms with van der Waals surface area (Å²) in [6.45, 7) is 3.31. The number of ether oxygens (including phenoxy) is 7. The Hall–Kier alpha value is -3.08. The molecule has 2 atom stereocenters. The van der Waals surface area contributed by atoms with Gasteiger partial charge in [-0.25, -0.2) is 8.42 Å². The van der Waals surface area contributed by atoms with Crippen LogP contribution in [0.25, 0.3) is 0 Å². The van der Waals surface area contributed by atoms with Crippen LogP contribution in [0.4, 0.5) is 0 Å². The van der Waals surface area contributed by atoms with Crippen molar-refractivity contribution in [2.45, 2.75) is 23.5 Å². The molecular formula is C33H46N2O11S. The van der Waals surface area contributed by atoms with E-state index < -0.39 is 16.3 Å². The first-order chi connectivity index (χ1) is 22.9. The van der Waals surface area contributed by atoms with Gasteiger partial charge in [0, 0.05) is 38.5 Å². The lowest BCUT2D eigenvalue weighted by atomic mass is 9.93. The summed E-state index contributed by atoms with van der Waals surface area (Å²) in [6, 6.07) is 15.8. The Morgan fingerprint density at radius 3 is 2.04 bits per heavy atom. The minimum Gasteiger partial charge on any atom is -0.497 e. The third kappa shape index (κ3) is 11.5. The highest BCUT2D eigenvalue weighted by atomic mass is 32.2. The Morgan fingerprint density at radius 1 is 0.872 bits per heavy atom. The van der Waals surface area contributed by atoms with Gasteiger partial charge < -0.3 is 43.2 Å². The molecule has 2 aliphatic heterocycles. The molecule has 4 rings (SSSR count). The minimum absolute atomic E-state index is 0.0292. The number of rotatable bonds is 11. The zero-order valence-corrected chi connectivity index (χ0v) is 27.7. The summed E-state index contributed by atoms with van der Waals surface area (Å²) in [4.78, 5) is 15.6. The van der Waals surface area contributed by atoms with Crippen LogP contribution in [0.2, 0.25) is 0 Å². The molecule has 260 valence electrons. The van der Waals surface area contributed by atoms with Crippen molar-refractivity contribution in [1.82, 2.24) is 9.21 Å². The van der Waals surface area contributed by atoms with Gasteiger partial charge in [-0.2, -0.15) is 4.31 Å². The predicted octanol–water partition coefficient (Wildman–Crippen LogP) is 2.02. The molecule has 2 heterocycles. The summed E-state index contributed by atoms with van der Waals surface area (Å²) in [5, 5.41) is 9.63. The molecule has 2 aromatic carbocycles. The minimum atomic E-state index is -3.92. The SMILES string of the molecule is COc1ccc(S(=O)(=O)N(CCO)CCOC2CC(c3ccccc3)C=C(C(=O)N3CCOCCOCCOCCOCC3)O2)cc1. The smallest absolute Gasteiger partial charge is 0.288 e. The van der Waals surface area contributed by atoms with Gasteiger partial charge >= 0.3 is 0 Å². The number of amides is 1. The van der Waals surface area contributed by atoms with Crippen LogP contribution in [0.3, 0.4) is 0 Å². The van der Waals surface area contributed by atoms with E-state index in [0.717, 1.165) is 9.87 Å². The molecule has 1 fully saturated rings. The van der Waals surface area contributed by atoms with Gasteiger partial charge in [-0.05, 0) is 35.9 Å². The van der Waals surface area contributed by atoms with Crippen LogP contribution in [0.1, 0.15) is 17.9 Å². The topological polar surface area (TPSA) is 143 Å². The second kappa shape index (κ2) is 19.7. The number of methoxy groups -OCH3 is 1. The molecule has 2 aliphatic rings. The van der Waals surface area contributed by atoms with E-state index in [-0.39, 0.29) is 48.8 Å². The number of hydrogen-bond acceptors (Lipinski definition) is 11. The van der Waals surface area contributed by atoms with E-state index in [4.69, 9.17) is 33.2 Å². The van der Waals surface area contributed by atoms with Crippen molar-refractivity contribution in [2.75, 3.05) is 99.4 Å². The molecule has 0 radical (unpaired) electrons. The van der Waals surface area contributed by atoms with Crippen molar-refractivity contribution in [1.29, 1.82) is 0 Å². The Kier molecular flexibility index (Phi) is 15.4. The number of nitrogens with zero attached hydrogens (tertiary/aromatic N) is 2. The number of aliphatic hydroxyl groups is 1. The first kappa shape index (κ1) is 36.8. The Balaban J connectivity index is 1.44. The summed E-state index contributed by atoms with van der Waals surface area (Å²) in [5.41, 5.74) is 0.988. The summed E-state index contributed by atoms with van der Waals surface area (Å²) >= 11 is 0. The molecule has 0 aromatic heterocycles. The highest BCUT2D eigenvalue weighted by molar-refractivity contribution is 7.89. The maximum Gasteiger partial charge on any atom is 0.288 e. The van der Waals surface area contributed by atoms with Crippen molar-refractivity contribution in [3.63, 3.8) is 0 Å². The van der Waals surface area contributed by atoms with E-state index in [1.165, 1.54) is 19.2 Å². The van der Waals surface area contributed by atoms with Crippen molar-refractivity contribution in [3.8, 4) is 5.75 Å². The van der Waals surface area contributed by atoms with Gasteiger partial charge in [0.15, 0.2) is 5.76 Å². The van der Waals surface area contributed by atoms with Crippen LogP contribution in [-0.4, -0.2) is 134 Å². The first-order valence-electron chi connectivity index (χ1n) is 15.8. The normalized spacial score (nSPS) is 20.8. The largest absolute Gasteiger partial charge is 0.497 e. The molecule has 2 aromatic rings. The fraction of sp³-hybridized carbons (Fsp3) is 0.545. The van der Waals surface area contributed by atoms with Gasteiger partial charge in [-0.3, -0.25) is 4.79 Å². The standard InChI is InChI=1S/C33H46N2O11S/c1-40-29-7-9-30(10-8-29)47(38,39)35(11-15-36)14-18-45-32-26-28(27-5-3-2-4-6-27)25-31(46-32)33(37)34-12-16-41-19-21-43-23-24-44-22-20-42-17-13-34/h2-10,25,28,32,36H,11-24,26H2,1H3. The lowest BCUT2D eigenvalue weighted by Gasteiger charge is -2.32. The summed E-state index contributed by atoms with van der Waals surface area (Å²) < 4.78 is 67.5. The van der Waals surface area contributed by atoms with Crippen molar-refractivity contribution in [3.05, 3.63) is 72.0 Å². The number of benzene rings is 2. The monoisotopic (exact) mass is 678 g/mol. The molecule has 1 amide bonds. The maximum atomic E-state index is 13.9. The third-order valence-corrected chi connectivity index (χ3v) is 9.51. The molecule has 0 spiro atoms. The van der Waals surface area contributed by atoms with Crippen LogP contribution in [0, 0.1) is 0 Å². The molecule has 0 bridgehead atoms. The summed E-state index contributed by atoms with van der Waals surface area (Å²) in [5.74, 6) is 0.154. The quantitative estimate of drug-likeness (QED) is 0.373. The van der Waals surface area contributed by atoms with Crippen LogP contribution in [-0.2, 0) is 43.2 Å². The van der Waals surface area contributed by atoms with Crippen molar-refractivity contribution < 1.29 is 51.5 Å². The average molecular weight is 679 g/mol. The Morgan fingerprint density at radius 2 is 1.47 bits per heavy atom. The van der Waals surface area contributed by atoms with Crippen LogP contribution < -0.4 is 4.74 Å². The number of hydrogen-bond donors (Lipinski definition) is 1. The van der Waals surface area contributed by atoms with Gasteiger partial charge in [0.2, 0.25) is 16.3 Å². The molecule has 0 aliphatic carbocycles. The first-order valence-corrected chi connectivity index (χ1v) is 17.3. The van der Waals surface area contributed by atoms with Gasteiger partial charge in [-0.15, -0.1) is 0 Å². The van der Waals surface area contributed by atoms with Gasteiger partial charge in [0.25, 0.3) is 5.91 Å². The van der Waals surface area contributed by atoms with E-state index in [1.54, 1.807) is 17.0 Å². The number of carbonyl (C=O) groups is 1. The zero-order chi connectivity index (χ0) is 33.3. The van der Waals surface area contributed by atoms with Gasteiger partial charge in [-0.1, -0.05) is 30.3 Å². The van der Waals surface area contributed by atoms with E-state index in [0.29, 0.717) is 78.1 Å². The fourth-order valence-corrected chi connectivity index (χ4v) is 6.49. The predicted molar refractivity (Wildman–Crippen MR) is 171 cm³/mol. The van der Waals surface area contributed by atoms with Crippen molar-refractivity contribution in [2.24, 2.45) is 0 Å². The summed E-state index contributed by atoms with van der Waals surface area (Å²) in [7, 11) is -2.42. The van der Waals surface area contributed by atoms with E-state index in [9.17, 15) is 18.3 Å². The number of carbonyl (C=O) groups excluding carboxylic acids is 1. The maximum absolute atomic E-state index is 13.9. The van der Waals surface area contributed by atoms with E-state index >= 15 is 0 Å². The average Bonchev–Trinajstić information content (AvgIpc) is 3.11. The molecule has 47 heavy (non-hydrogen) atoms. The van der Waals surface area contributed by atoms with Gasteiger partial charge in [0.05, 0.1) is 78.1 Å². The molecule has 14 heteroatoms. The molecule has 0 saturated carbocycles. The highest BCUT2D eigenvalue weighted by Gasteiger charge is 2.32. The summed E-state index contributed by atoms with van der Waals surface area (Å²) in [6.07, 6.45) is 1.40. The lowest BCUT2D eigenvalue weighted by molar-refractivity contribution is -0.153. The second-order valence-corrected chi connectivity index (χ2v) is 12.7.